The van der Waals surface area contributed by atoms with Crippen molar-refractivity contribution in [3.05, 3.63) is 29.8 Å². The van der Waals surface area contributed by atoms with Gasteiger partial charge in [-0.1, -0.05) is 12.1 Å². The number of rotatable bonds is 3. The Bertz CT molecular complexity index is 432. The second kappa shape index (κ2) is 4.37. The molecule has 92 valence electrons. The largest absolute Gasteiger partial charge is 0.497 e. The number of aliphatic carboxylic acids is 1. The fourth-order valence-corrected chi connectivity index (χ4v) is 2.28. The van der Waals surface area contributed by atoms with Crippen LogP contribution in [0, 0.1) is 0 Å². The van der Waals surface area contributed by atoms with Crippen molar-refractivity contribution in [1.29, 1.82) is 0 Å². The van der Waals surface area contributed by atoms with E-state index in [1.807, 2.05) is 24.3 Å². The van der Waals surface area contributed by atoms with Crippen LogP contribution in [0.5, 0.6) is 5.75 Å². The predicted molar refractivity (Wildman–Crippen MR) is 64.4 cm³/mol. The summed E-state index contributed by atoms with van der Waals surface area (Å²) in [7, 11) is 1.63. The Morgan fingerprint density at radius 1 is 1.59 bits per heavy atom. The second-order valence-electron chi connectivity index (χ2n) is 4.70. The molecule has 0 aliphatic carbocycles. The van der Waals surface area contributed by atoms with Gasteiger partial charge in [-0.05, 0) is 37.0 Å². The predicted octanol–water partition coefficient (Wildman–Crippen LogP) is 1.62. The van der Waals surface area contributed by atoms with Crippen molar-refractivity contribution in [1.82, 2.24) is 5.32 Å². The number of nitrogens with one attached hydrogen (secondary N) is 1. The zero-order valence-electron chi connectivity index (χ0n) is 10.1. The van der Waals surface area contributed by atoms with Crippen molar-refractivity contribution >= 4 is 5.97 Å². The minimum Gasteiger partial charge on any atom is -0.497 e. The molecular weight excluding hydrogens is 218 g/mol. The van der Waals surface area contributed by atoms with Crippen molar-refractivity contribution < 1.29 is 14.6 Å². The normalized spacial score (nSPS) is 28.0. The first kappa shape index (κ1) is 11.9. The lowest BCUT2D eigenvalue weighted by atomic mass is 9.90. The van der Waals surface area contributed by atoms with Crippen LogP contribution in [-0.4, -0.2) is 30.3 Å². The summed E-state index contributed by atoms with van der Waals surface area (Å²) in [6.45, 7) is 2.42. The summed E-state index contributed by atoms with van der Waals surface area (Å²) in [6, 6.07) is 7.81. The van der Waals surface area contributed by atoms with Crippen LogP contribution >= 0.6 is 0 Å². The van der Waals surface area contributed by atoms with E-state index in [2.05, 4.69) is 5.32 Å². The molecule has 4 nitrogen and oxygen atoms in total. The van der Waals surface area contributed by atoms with Crippen molar-refractivity contribution in [2.75, 3.05) is 13.7 Å². The molecule has 1 fully saturated rings. The van der Waals surface area contributed by atoms with Gasteiger partial charge in [0.15, 0.2) is 0 Å². The molecule has 0 amide bonds. The van der Waals surface area contributed by atoms with E-state index in [0.717, 1.165) is 11.3 Å². The van der Waals surface area contributed by atoms with Crippen LogP contribution in [0.1, 0.15) is 24.8 Å². The van der Waals surface area contributed by atoms with Crippen LogP contribution in [0.4, 0.5) is 0 Å². The summed E-state index contributed by atoms with van der Waals surface area (Å²) < 4.78 is 5.18. The highest BCUT2D eigenvalue weighted by Crippen LogP contribution is 2.33. The Morgan fingerprint density at radius 2 is 2.35 bits per heavy atom. The van der Waals surface area contributed by atoms with E-state index >= 15 is 0 Å². The smallest absolute Gasteiger partial charge is 0.323 e. The summed E-state index contributed by atoms with van der Waals surface area (Å²) in [5.41, 5.74) is 0.315. The van der Waals surface area contributed by atoms with Gasteiger partial charge in [-0.25, -0.2) is 0 Å². The highest BCUT2D eigenvalue weighted by atomic mass is 16.5. The number of ether oxygens (including phenoxy) is 1. The van der Waals surface area contributed by atoms with Gasteiger partial charge in [0.05, 0.1) is 7.11 Å². The third-order valence-electron chi connectivity index (χ3n) is 3.43. The Morgan fingerprint density at radius 3 is 2.94 bits per heavy atom. The average molecular weight is 235 g/mol. The van der Waals surface area contributed by atoms with Gasteiger partial charge >= 0.3 is 5.97 Å². The van der Waals surface area contributed by atoms with Gasteiger partial charge in [-0.15, -0.1) is 0 Å². The topological polar surface area (TPSA) is 58.6 Å². The Labute approximate surface area is 101 Å². The Hall–Kier alpha value is -1.55. The van der Waals surface area contributed by atoms with E-state index in [0.29, 0.717) is 13.0 Å². The molecule has 1 saturated heterocycles. The van der Waals surface area contributed by atoms with Crippen molar-refractivity contribution in [3.63, 3.8) is 0 Å². The molecule has 0 radical (unpaired) electrons. The standard InChI is InChI=1S/C13H17NO3/c1-13(12(15)16)7-10(8-14-13)9-4-3-5-11(6-9)17-2/h3-6,10,14H,7-8H2,1-2H3,(H,15,16). The van der Waals surface area contributed by atoms with E-state index in [-0.39, 0.29) is 5.92 Å². The summed E-state index contributed by atoms with van der Waals surface area (Å²) in [6.07, 6.45) is 0.607. The molecule has 1 aliphatic heterocycles. The van der Waals surface area contributed by atoms with E-state index in [9.17, 15) is 4.79 Å². The minimum atomic E-state index is -0.812. The Kier molecular flexibility index (Phi) is 3.07. The fraction of sp³-hybridized carbons (Fsp3) is 0.462. The lowest BCUT2D eigenvalue weighted by Gasteiger charge is -2.18. The number of carbonyl (C=O) groups is 1. The lowest BCUT2D eigenvalue weighted by molar-refractivity contribution is -0.143. The molecular formula is C13H17NO3. The van der Waals surface area contributed by atoms with Gasteiger partial charge in [-0.2, -0.15) is 0 Å². The second-order valence-corrected chi connectivity index (χ2v) is 4.70. The van der Waals surface area contributed by atoms with Crippen molar-refractivity contribution in [2.45, 2.75) is 24.8 Å². The minimum absolute atomic E-state index is 0.228. The van der Waals surface area contributed by atoms with Gasteiger partial charge < -0.3 is 15.2 Å². The molecule has 0 bridgehead atoms. The molecule has 1 aromatic rings. The first-order chi connectivity index (χ1) is 8.05. The number of methoxy groups -OCH3 is 1. The summed E-state index contributed by atoms with van der Waals surface area (Å²) >= 11 is 0. The highest BCUT2D eigenvalue weighted by Gasteiger charge is 2.41. The van der Waals surface area contributed by atoms with Crippen LogP contribution in [-0.2, 0) is 4.79 Å². The number of hydrogen-bond donors (Lipinski definition) is 2. The number of carboxylic acid groups (broad SMARTS) is 1. The SMILES string of the molecule is COc1cccc(C2CNC(C)(C(=O)O)C2)c1. The van der Waals surface area contributed by atoms with Crippen LogP contribution in [0.15, 0.2) is 24.3 Å². The van der Waals surface area contributed by atoms with E-state index in [1.165, 1.54) is 0 Å². The molecule has 0 spiro atoms. The maximum absolute atomic E-state index is 11.1. The molecule has 0 aromatic heterocycles. The molecule has 0 saturated carbocycles. The third-order valence-corrected chi connectivity index (χ3v) is 3.43. The molecule has 2 N–H and O–H groups in total. The van der Waals surface area contributed by atoms with Crippen LogP contribution in [0.25, 0.3) is 0 Å². The van der Waals surface area contributed by atoms with Gasteiger partial charge in [0, 0.05) is 6.54 Å². The molecule has 2 atom stereocenters. The number of carboxylic acids is 1. The quantitative estimate of drug-likeness (QED) is 0.835. The maximum Gasteiger partial charge on any atom is 0.323 e. The number of hydrogen-bond acceptors (Lipinski definition) is 3. The first-order valence-electron chi connectivity index (χ1n) is 5.67. The van der Waals surface area contributed by atoms with E-state index < -0.39 is 11.5 Å². The highest BCUT2D eigenvalue weighted by molar-refractivity contribution is 5.79. The average Bonchev–Trinajstić information content (AvgIpc) is 2.74. The van der Waals surface area contributed by atoms with Gasteiger partial charge in [-0.3, -0.25) is 4.79 Å². The molecule has 4 heteroatoms. The lowest BCUT2D eigenvalue weighted by Crippen LogP contribution is -2.44. The zero-order chi connectivity index (χ0) is 12.5. The molecule has 17 heavy (non-hydrogen) atoms. The molecule has 1 heterocycles. The van der Waals surface area contributed by atoms with Crippen LogP contribution in [0.2, 0.25) is 0 Å². The van der Waals surface area contributed by atoms with Crippen LogP contribution < -0.4 is 10.1 Å². The maximum atomic E-state index is 11.1. The summed E-state index contributed by atoms with van der Waals surface area (Å²) in [5, 5.41) is 12.2. The van der Waals surface area contributed by atoms with Crippen molar-refractivity contribution in [2.24, 2.45) is 0 Å². The monoisotopic (exact) mass is 235 g/mol. The third kappa shape index (κ3) is 2.26. The van der Waals surface area contributed by atoms with Gasteiger partial charge in [0.1, 0.15) is 11.3 Å². The van der Waals surface area contributed by atoms with Crippen LogP contribution in [0.3, 0.4) is 0 Å². The number of benzene rings is 1. The molecule has 2 rings (SSSR count). The fourth-order valence-electron chi connectivity index (χ4n) is 2.28. The summed E-state index contributed by atoms with van der Waals surface area (Å²) in [5.74, 6) is 0.250. The van der Waals surface area contributed by atoms with E-state index in [1.54, 1.807) is 14.0 Å². The zero-order valence-corrected chi connectivity index (χ0v) is 10.1. The summed E-state index contributed by atoms with van der Waals surface area (Å²) in [4.78, 5) is 11.1. The van der Waals surface area contributed by atoms with E-state index in [4.69, 9.17) is 9.84 Å². The molecule has 1 aromatic carbocycles. The first-order valence-corrected chi connectivity index (χ1v) is 5.67. The Balaban J connectivity index is 2.17. The van der Waals surface area contributed by atoms with Gasteiger partial charge in [0.2, 0.25) is 0 Å². The molecule has 1 aliphatic rings. The van der Waals surface area contributed by atoms with Gasteiger partial charge in [0.25, 0.3) is 0 Å². The van der Waals surface area contributed by atoms with Crippen molar-refractivity contribution in [3.8, 4) is 5.75 Å². The molecule has 2 unspecified atom stereocenters.